The molecule has 3 aromatic rings. The van der Waals surface area contributed by atoms with Crippen LogP contribution in [-0.4, -0.2) is 29.1 Å². The van der Waals surface area contributed by atoms with E-state index in [2.05, 4.69) is 15.4 Å². The van der Waals surface area contributed by atoms with Crippen LogP contribution >= 0.6 is 0 Å². The summed E-state index contributed by atoms with van der Waals surface area (Å²) in [5.41, 5.74) is 1.27. The normalized spacial score (nSPS) is 12.6. The molecule has 0 aliphatic carbocycles. The third-order valence-electron chi connectivity index (χ3n) is 4.10. The van der Waals surface area contributed by atoms with Crippen molar-refractivity contribution in [3.05, 3.63) is 71.6 Å². The first-order valence-electron chi connectivity index (χ1n) is 8.28. The Morgan fingerprint density at radius 1 is 1.14 bits per heavy atom. The van der Waals surface area contributed by atoms with Crippen molar-refractivity contribution >= 4 is 15.9 Å². The molecule has 28 heavy (non-hydrogen) atoms. The molecule has 2 aromatic carbocycles. The van der Waals surface area contributed by atoms with Gasteiger partial charge in [0.25, 0.3) is 5.91 Å². The molecule has 1 aromatic heterocycles. The molecule has 0 aliphatic rings. The van der Waals surface area contributed by atoms with E-state index >= 15 is 0 Å². The lowest BCUT2D eigenvalue weighted by Crippen LogP contribution is -2.27. The Hall–Kier alpha value is -3.11. The number of nitrogens with two attached hydrogens (primary N) is 1. The van der Waals surface area contributed by atoms with Crippen LogP contribution in [0.4, 0.5) is 4.39 Å². The minimum Gasteiger partial charge on any atom is -0.343 e. The zero-order chi connectivity index (χ0) is 20.5. The Labute approximate surface area is 161 Å². The van der Waals surface area contributed by atoms with E-state index in [0.29, 0.717) is 17.1 Å². The molecule has 0 aliphatic heterocycles. The van der Waals surface area contributed by atoms with E-state index < -0.39 is 22.0 Å². The molecule has 0 saturated heterocycles. The summed E-state index contributed by atoms with van der Waals surface area (Å²) in [4.78, 5) is 16.6. The van der Waals surface area contributed by atoms with Gasteiger partial charge in [-0.3, -0.25) is 4.79 Å². The Bertz CT molecular complexity index is 1110. The highest BCUT2D eigenvalue weighted by atomic mass is 32.2. The molecule has 0 radical (unpaired) electrons. The van der Waals surface area contributed by atoms with Gasteiger partial charge in [0.2, 0.25) is 15.8 Å². The van der Waals surface area contributed by atoms with Crippen molar-refractivity contribution < 1.29 is 17.6 Å². The molecule has 8 nitrogen and oxygen atoms in total. The molecule has 0 spiro atoms. The number of benzene rings is 2. The molecule has 3 N–H and O–H groups in total. The van der Waals surface area contributed by atoms with Crippen molar-refractivity contribution in [1.82, 2.24) is 20.1 Å². The number of rotatable bonds is 5. The first-order valence-corrected chi connectivity index (χ1v) is 9.83. The number of sulfonamides is 1. The van der Waals surface area contributed by atoms with Crippen LogP contribution in [0.25, 0.3) is 5.69 Å². The van der Waals surface area contributed by atoms with Crippen molar-refractivity contribution in [2.24, 2.45) is 5.14 Å². The highest BCUT2D eigenvalue weighted by Gasteiger charge is 2.18. The summed E-state index contributed by atoms with van der Waals surface area (Å²) < 4.78 is 37.2. The number of nitrogens with one attached hydrogen (secondary N) is 1. The largest absolute Gasteiger partial charge is 0.343 e. The van der Waals surface area contributed by atoms with Crippen LogP contribution in [0, 0.1) is 12.7 Å². The Balaban J connectivity index is 1.76. The monoisotopic (exact) mass is 403 g/mol. The zero-order valence-electron chi connectivity index (χ0n) is 15.1. The average Bonchev–Trinajstić information content (AvgIpc) is 3.03. The number of halogens is 1. The third-order valence-corrected chi connectivity index (χ3v) is 5.03. The fourth-order valence-electron chi connectivity index (χ4n) is 2.60. The standard InChI is InChI=1S/C18H18FN5O3S/c1-11(13-3-9-16(10-4-13)28(20,26)27)21-18(25)17-22-12(2)24(23-17)15-7-5-14(19)6-8-15/h3-11H,1-2H3,(H,21,25)(H2,20,26,27)/t11-/m0/s1. The van der Waals surface area contributed by atoms with Crippen molar-refractivity contribution in [2.45, 2.75) is 24.8 Å². The maximum absolute atomic E-state index is 13.1. The molecule has 1 atom stereocenters. The lowest BCUT2D eigenvalue weighted by atomic mass is 10.1. The lowest BCUT2D eigenvalue weighted by molar-refractivity contribution is 0.0929. The predicted octanol–water partition coefficient (Wildman–Crippen LogP) is 1.85. The Kier molecular flexibility index (Phi) is 5.25. The van der Waals surface area contributed by atoms with Gasteiger partial charge in [-0.15, -0.1) is 5.10 Å². The van der Waals surface area contributed by atoms with Crippen LogP contribution in [-0.2, 0) is 10.0 Å². The van der Waals surface area contributed by atoms with E-state index in [1.165, 1.54) is 41.1 Å². The number of primary sulfonamides is 1. The maximum Gasteiger partial charge on any atom is 0.291 e. The summed E-state index contributed by atoms with van der Waals surface area (Å²) in [5, 5.41) is 12.0. The number of amides is 1. The van der Waals surface area contributed by atoms with E-state index in [-0.39, 0.29) is 16.5 Å². The zero-order valence-corrected chi connectivity index (χ0v) is 15.9. The van der Waals surface area contributed by atoms with Gasteiger partial charge in [0, 0.05) is 0 Å². The summed E-state index contributed by atoms with van der Waals surface area (Å²) in [6.07, 6.45) is 0. The minimum atomic E-state index is -3.78. The first-order chi connectivity index (χ1) is 13.1. The third kappa shape index (κ3) is 4.24. The fraction of sp³-hybridized carbons (Fsp3) is 0.167. The second-order valence-electron chi connectivity index (χ2n) is 6.18. The number of carbonyl (C=O) groups is 1. The summed E-state index contributed by atoms with van der Waals surface area (Å²) in [7, 11) is -3.78. The molecule has 3 rings (SSSR count). The number of aromatic nitrogens is 3. The molecular weight excluding hydrogens is 385 g/mol. The van der Waals surface area contributed by atoms with Gasteiger partial charge in [0.05, 0.1) is 16.6 Å². The van der Waals surface area contributed by atoms with Crippen LogP contribution in [0.3, 0.4) is 0 Å². The highest BCUT2D eigenvalue weighted by molar-refractivity contribution is 7.89. The molecule has 0 bridgehead atoms. The van der Waals surface area contributed by atoms with Gasteiger partial charge in [-0.1, -0.05) is 12.1 Å². The van der Waals surface area contributed by atoms with Gasteiger partial charge in [-0.25, -0.2) is 27.6 Å². The van der Waals surface area contributed by atoms with E-state index in [1.807, 2.05) is 0 Å². The Morgan fingerprint density at radius 3 is 2.32 bits per heavy atom. The lowest BCUT2D eigenvalue weighted by Gasteiger charge is -2.13. The van der Waals surface area contributed by atoms with Crippen LogP contribution in [0.1, 0.15) is 35.0 Å². The molecule has 1 amide bonds. The summed E-state index contributed by atoms with van der Waals surface area (Å²) >= 11 is 0. The summed E-state index contributed by atoms with van der Waals surface area (Å²) in [6, 6.07) is 11.1. The average molecular weight is 403 g/mol. The van der Waals surface area contributed by atoms with Crippen LogP contribution in [0.5, 0.6) is 0 Å². The molecule has 0 fully saturated rings. The maximum atomic E-state index is 13.1. The van der Waals surface area contributed by atoms with Crippen LogP contribution < -0.4 is 10.5 Å². The summed E-state index contributed by atoms with van der Waals surface area (Å²) in [6.45, 7) is 3.43. The minimum absolute atomic E-state index is 0.00916. The molecule has 0 unspecified atom stereocenters. The van der Waals surface area contributed by atoms with Gasteiger partial charge in [0.1, 0.15) is 11.6 Å². The molecular formula is C18H18FN5O3S. The summed E-state index contributed by atoms with van der Waals surface area (Å²) in [5.74, 6) is -0.425. The number of hydrogen-bond acceptors (Lipinski definition) is 5. The van der Waals surface area contributed by atoms with Gasteiger partial charge in [-0.05, 0) is 55.8 Å². The van der Waals surface area contributed by atoms with Gasteiger partial charge >= 0.3 is 0 Å². The smallest absolute Gasteiger partial charge is 0.291 e. The van der Waals surface area contributed by atoms with Crippen molar-refractivity contribution in [3.63, 3.8) is 0 Å². The molecule has 146 valence electrons. The number of carbonyl (C=O) groups excluding carboxylic acids is 1. The van der Waals surface area contributed by atoms with E-state index in [1.54, 1.807) is 26.0 Å². The van der Waals surface area contributed by atoms with E-state index in [4.69, 9.17) is 5.14 Å². The second-order valence-corrected chi connectivity index (χ2v) is 7.74. The molecule has 10 heteroatoms. The van der Waals surface area contributed by atoms with Gasteiger partial charge < -0.3 is 5.32 Å². The SMILES string of the molecule is Cc1nc(C(=O)N[C@@H](C)c2ccc(S(N)(=O)=O)cc2)nn1-c1ccc(F)cc1. The van der Waals surface area contributed by atoms with Gasteiger partial charge in [0.15, 0.2) is 0 Å². The quantitative estimate of drug-likeness (QED) is 0.674. The first kappa shape index (κ1) is 19.6. The topological polar surface area (TPSA) is 120 Å². The fourth-order valence-corrected chi connectivity index (χ4v) is 3.12. The molecule has 0 saturated carbocycles. The molecule has 1 heterocycles. The second kappa shape index (κ2) is 7.49. The van der Waals surface area contributed by atoms with Crippen LogP contribution in [0.15, 0.2) is 53.4 Å². The van der Waals surface area contributed by atoms with Crippen molar-refractivity contribution in [3.8, 4) is 5.69 Å². The van der Waals surface area contributed by atoms with Gasteiger partial charge in [-0.2, -0.15) is 0 Å². The highest BCUT2D eigenvalue weighted by Crippen LogP contribution is 2.16. The number of hydrogen-bond donors (Lipinski definition) is 2. The van der Waals surface area contributed by atoms with Crippen LogP contribution in [0.2, 0.25) is 0 Å². The number of aryl methyl sites for hydroxylation is 1. The number of nitrogens with zero attached hydrogens (tertiary/aromatic N) is 3. The predicted molar refractivity (Wildman–Crippen MR) is 99.8 cm³/mol. The van der Waals surface area contributed by atoms with E-state index in [0.717, 1.165) is 0 Å². The van der Waals surface area contributed by atoms with E-state index in [9.17, 15) is 17.6 Å². The van der Waals surface area contributed by atoms with Crippen molar-refractivity contribution in [1.29, 1.82) is 0 Å². The van der Waals surface area contributed by atoms with Crippen molar-refractivity contribution in [2.75, 3.05) is 0 Å². The Morgan fingerprint density at radius 2 is 1.75 bits per heavy atom.